The molecule has 0 bridgehead atoms. The summed E-state index contributed by atoms with van der Waals surface area (Å²) in [7, 11) is 0. The Hall–Kier alpha value is -2.45. The molecule has 8 heteroatoms. The van der Waals surface area contributed by atoms with Crippen molar-refractivity contribution >= 4 is 45.4 Å². The van der Waals surface area contributed by atoms with Gasteiger partial charge in [-0.1, -0.05) is 54.3 Å². The van der Waals surface area contributed by atoms with Crippen LogP contribution < -0.4 is 5.43 Å². The largest absolute Gasteiger partial charge is 0.358 e. The summed E-state index contributed by atoms with van der Waals surface area (Å²) >= 11 is 7.08. The maximum absolute atomic E-state index is 10.8. The molecule has 0 radical (unpaired) electrons. The second-order valence-corrected chi connectivity index (χ2v) is 7.18. The molecule has 142 valence electrons. The smallest absolute Gasteiger partial charge is 0.269 e. The molecule has 0 saturated heterocycles. The van der Waals surface area contributed by atoms with Gasteiger partial charge in [0.1, 0.15) is 4.32 Å². The molecular weight excluding hydrogens is 380 g/mol. The first kappa shape index (κ1) is 20.9. The van der Waals surface area contributed by atoms with Crippen molar-refractivity contribution in [3.05, 3.63) is 70.3 Å². The molecule has 2 aromatic carbocycles. The summed E-state index contributed by atoms with van der Waals surface area (Å²) in [5.74, 6) is 0.624. The number of non-ortho nitro benzene ring substituents is 1. The van der Waals surface area contributed by atoms with Gasteiger partial charge in [-0.15, -0.1) is 0 Å². The molecule has 27 heavy (non-hydrogen) atoms. The summed E-state index contributed by atoms with van der Waals surface area (Å²) in [6, 6.07) is 16.0. The summed E-state index contributed by atoms with van der Waals surface area (Å²) in [5, 5.41) is 15.3. The van der Waals surface area contributed by atoms with Crippen molar-refractivity contribution in [3.8, 4) is 0 Å². The Balaban J connectivity index is 2.13. The molecule has 0 spiro atoms. The fraction of sp³-hybridized carbons (Fsp3) is 0.263. The number of hydrogen-bond acceptors (Lipinski definition) is 6. The van der Waals surface area contributed by atoms with Crippen molar-refractivity contribution in [3.63, 3.8) is 0 Å². The van der Waals surface area contributed by atoms with Gasteiger partial charge in [-0.2, -0.15) is 5.10 Å². The minimum absolute atomic E-state index is 0.0490. The third-order valence-electron chi connectivity index (χ3n) is 3.86. The molecule has 0 amide bonds. The first-order valence-corrected chi connectivity index (χ1v) is 9.98. The lowest BCUT2D eigenvalue weighted by molar-refractivity contribution is -0.384. The van der Waals surface area contributed by atoms with Gasteiger partial charge in [-0.25, -0.2) is 0 Å². The van der Waals surface area contributed by atoms with Crippen LogP contribution in [-0.4, -0.2) is 38.7 Å². The molecule has 1 N–H and O–H groups in total. The highest BCUT2D eigenvalue weighted by atomic mass is 32.2. The van der Waals surface area contributed by atoms with Crippen LogP contribution in [0.25, 0.3) is 0 Å². The van der Waals surface area contributed by atoms with Crippen LogP contribution in [-0.2, 0) is 0 Å². The zero-order valence-electron chi connectivity index (χ0n) is 15.3. The number of nitrogens with zero attached hydrogens (tertiary/aromatic N) is 3. The highest BCUT2D eigenvalue weighted by molar-refractivity contribution is 8.23. The quantitative estimate of drug-likeness (QED) is 0.297. The van der Waals surface area contributed by atoms with Crippen LogP contribution >= 0.6 is 24.0 Å². The minimum Gasteiger partial charge on any atom is -0.358 e. The van der Waals surface area contributed by atoms with Crippen molar-refractivity contribution in [2.24, 2.45) is 5.10 Å². The molecule has 0 aliphatic rings. The molecule has 2 rings (SSSR count). The maximum Gasteiger partial charge on any atom is 0.269 e. The number of nitro groups is 1. The molecule has 2 aromatic rings. The number of thioether (sulfide) groups is 1. The lowest BCUT2D eigenvalue weighted by Gasteiger charge is -2.21. The Morgan fingerprint density at radius 3 is 2.33 bits per heavy atom. The van der Waals surface area contributed by atoms with Gasteiger partial charge in [-0.05, 0) is 31.5 Å². The van der Waals surface area contributed by atoms with E-state index in [0.717, 1.165) is 28.7 Å². The van der Waals surface area contributed by atoms with E-state index in [1.54, 1.807) is 23.9 Å². The van der Waals surface area contributed by atoms with Crippen LogP contribution in [0.3, 0.4) is 0 Å². The summed E-state index contributed by atoms with van der Waals surface area (Å²) < 4.78 is 0.846. The summed E-state index contributed by atoms with van der Waals surface area (Å²) in [4.78, 5) is 12.5. The van der Waals surface area contributed by atoms with E-state index in [2.05, 4.69) is 29.3 Å². The minimum atomic E-state index is -0.423. The van der Waals surface area contributed by atoms with Crippen molar-refractivity contribution in [1.29, 1.82) is 0 Å². The van der Waals surface area contributed by atoms with Crippen molar-refractivity contribution in [2.45, 2.75) is 13.8 Å². The van der Waals surface area contributed by atoms with Crippen molar-refractivity contribution in [2.75, 3.05) is 24.3 Å². The fourth-order valence-corrected chi connectivity index (χ4v) is 3.67. The standard InChI is InChI=1S/C19H22N4O2S2/c1-3-22(4-2)19(26)27-14-18(15-8-6-5-7-9-15)21-20-16-10-12-17(13-11-16)23(24)25/h5-13,20H,3-4,14H2,1-2H3/b21-18-. The van der Waals surface area contributed by atoms with Crippen LogP contribution in [0.5, 0.6) is 0 Å². The van der Waals surface area contributed by atoms with Gasteiger partial charge in [0.25, 0.3) is 5.69 Å². The summed E-state index contributed by atoms with van der Waals surface area (Å²) in [5.41, 5.74) is 5.58. The molecule has 0 aliphatic heterocycles. The van der Waals surface area contributed by atoms with E-state index in [1.807, 2.05) is 30.3 Å². The molecule has 0 aliphatic carbocycles. The van der Waals surface area contributed by atoms with E-state index in [4.69, 9.17) is 12.2 Å². The Morgan fingerprint density at radius 2 is 1.78 bits per heavy atom. The Bertz CT molecular complexity index is 791. The number of hydrazone groups is 1. The SMILES string of the molecule is CCN(CC)C(=S)SC/C(=N/Nc1ccc([N+](=O)[O-])cc1)c1ccccc1. The highest BCUT2D eigenvalue weighted by Crippen LogP contribution is 2.17. The van der Waals surface area contributed by atoms with Crippen molar-refractivity contribution < 1.29 is 4.92 Å². The number of anilines is 1. The van der Waals surface area contributed by atoms with Crippen LogP contribution in [0.2, 0.25) is 0 Å². The summed E-state index contributed by atoms with van der Waals surface area (Å²) in [6.45, 7) is 5.92. The molecule has 0 heterocycles. The Labute approximate surface area is 168 Å². The number of nitro benzene ring substituents is 1. The zero-order chi connectivity index (χ0) is 19.6. The molecule has 6 nitrogen and oxygen atoms in total. The summed E-state index contributed by atoms with van der Waals surface area (Å²) in [6.07, 6.45) is 0. The molecule has 0 saturated carbocycles. The van der Waals surface area contributed by atoms with Crippen molar-refractivity contribution in [1.82, 2.24) is 4.90 Å². The van der Waals surface area contributed by atoms with Crippen LogP contribution in [0.15, 0.2) is 59.7 Å². The van der Waals surface area contributed by atoms with Gasteiger partial charge >= 0.3 is 0 Å². The predicted octanol–water partition coefficient (Wildman–Crippen LogP) is 4.77. The van der Waals surface area contributed by atoms with E-state index in [0.29, 0.717) is 11.4 Å². The molecule has 0 unspecified atom stereocenters. The average Bonchev–Trinajstić information content (AvgIpc) is 2.70. The highest BCUT2D eigenvalue weighted by Gasteiger charge is 2.10. The number of thiocarbonyl (C=S) groups is 1. The van der Waals surface area contributed by atoms with E-state index in [9.17, 15) is 10.1 Å². The second-order valence-electron chi connectivity index (χ2n) is 5.57. The van der Waals surface area contributed by atoms with Gasteiger partial charge in [0.05, 0.1) is 16.3 Å². The number of rotatable bonds is 8. The molecular formula is C19H22N4O2S2. The van der Waals surface area contributed by atoms with Gasteiger partial charge in [0.2, 0.25) is 0 Å². The molecule has 0 aromatic heterocycles. The first-order chi connectivity index (χ1) is 13.0. The zero-order valence-corrected chi connectivity index (χ0v) is 16.9. The lowest BCUT2D eigenvalue weighted by Crippen LogP contribution is -2.27. The number of hydrogen-bond donors (Lipinski definition) is 1. The Kier molecular flexibility index (Phi) is 8.22. The normalized spacial score (nSPS) is 11.1. The lowest BCUT2D eigenvalue weighted by atomic mass is 10.1. The van der Waals surface area contributed by atoms with Gasteiger partial charge in [-0.3, -0.25) is 15.5 Å². The van der Waals surface area contributed by atoms with Crippen LogP contribution in [0, 0.1) is 10.1 Å². The number of nitrogens with one attached hydrogen (secondary N) is 1. The third kappa shape index (κ3) is 6.33. The molecule has 0 fully saturated rings. The van der Waals surface area contributed by atoms with E-state index >= 15 is 0 Å². The van der Waals surface area contributed by atoms with E-state index in [-0.39, 0.29) is 5.69 Å². The number of benzene rings is 2. The first-order valence-electron chi connectivity index (χ1n) is 8.59. The third-order valence-corrected chi connectivity index (χ3v) is 5.39. The van der Waals surface area contributed by atoms with Crippen LogP contribution in [0.1, 0.15) is 19.4 Å². The van der Waals surface area contributed by atoms with Crippen LogP contribution in [0.4, 0.5) is 11.4 Å². The van der Waals surface area contributed by atoms with Gasteiger partial charge in [0, 0.05) is 31.0 Å². The Morgan fingerprint density at radius 1 is 1.15 bits per heavy atom. The average molecular weight is 403 g/mol. The topological polar surface area (TPSA) is 70.8 Å². The monoisotopic (exact) mass is 402 g/mol. The van der Waals surface area contributed by atoms with E-state index in [1.165, 1.54) is 12.1 Å². The fourth-order valence-electron chi connectivity index (χ4n) is 2.30. The van der Waals surface area contributed by atoms with Gasteiger partial charge < -0.3 is 4.90 Å². The van der Waals surface area contributed by atoms with E-state index < -0.39 is 4.92 Å². The van der Waals surface area contributed by atoms with Gasteiger partial charge in [0.15, 0.2) is 0 Å². The molecule has 0 atom stereocenters. The second kappa shape index (κ2) is 10.6. The predicted molar refractivity (Wildman–Crippen MR) is 118 cm³/mol. The maximum atomic E-state index is 10.8.